The lowest BCUT2D eigenvalue weighted by Crippen LogP contribution is -2.37. The van der Waals surface area contributed by atoms with E-state index in [1.807, 2.05) is 24.3 Å². The van der Waals surface area contributed by atoms with Gasteiger partial charge in [-0.1, -0.05) is 34.1 Å². The summed E-state index contributed by atoms with van der Waals surface area (Å²) < 4.78 is 0.953. The van der Waals surface area contributed by atoms with Crippen LogP contribution in [0.25, 0.3) is 6.08 Å². The number of benzene rings is 1. The minimum atomic E-state index is -0.274. The first-order valence-corrected chi connectivity index (χ1v) is 6.42. The van der Waals surface area contributed by atoms with E-state index in [2.05, 4.69) is 15.9 Å². The Morgan fingerprint density at radius 1 is 1.39 bits per heavy atom. The largest absolute Gasteiger partial charge is 0.275 e. The van der Waals surface area contributed by atoms with Crippen molar-refractivity contribution in [1.29, 1.82) is 0 Å². The molecule has 2 amide bonds. The van der Waals surface area contributed by atoms with Crippen LogP contribution in [0.15, 0.2) is 47.0 Å². The summed E-state index contributed by atoms with van der Waals surface area (Å²) in [5, 5.41) is 0. The third kappa shape index (κ3) is 3.17. The number of halogens is 1. The zero-order chi connectivity index (χ0) is 13.0. The molecule has 1 aliphatic heterocycles. The van der Waals surface area contributed by atoms with Gasteiger partial charge in [0.05, 0.1) is 0 Å². The predicted octanol–water partition coefficient (Wildman–Crippen LogP) is 2.78. The van der Waals surface area contributed by atoms with Crippen LogP contribution in [-0.4, -0.2) is 23.3 Å². The first-order chi connectivity index (χ1) is 8.66. The number of rotatable bonds is 2. The Kier molecular flexibility index (Phi) is 4.10. The molecule has 0 saturated heterocycles. The summed E-state index contributed by atoms with van der Waals surface area (Å²) in [4.78, 5) is 24.6. The molecule has 1 aromatic rings. The fraction of sp³-hybridized carbons (Fsp3) is 0.143. The molecule has 0 bridgehead atoms. The summed E-state index contributed by atoms with van der Waals surface area (Å²) >= 11 is 3.36. The van der Waals surface area contributed by atoms with E-state index in [0.717, 1.165) is 16.5 Å². The lowest BCUT2D eigenvalue weighted by Gasteiger charge is -2.19. The summed E-state index contributed by atoms with van der Waals surface area (Å²) in [7, 11) is 0. The van der Waals surface area contributed by atoms with Gasteiger partial charge in [-0.25, -0.2) is 0 Å². The van der Waals surface area contributed by atoms with Crippen LogP contribution in [0.2, 0.25) is 0 Å². The van der Waals surface area contributed by atoms with Gasteiger partial charge in [0.1, 0.15) is 0 Å². The number of carbonyl (C=O) groups is 2. The summed E-state index contributed by atoms with van der Waals surface area (Å²) in [6.07, 6.45) is 7.08. The van der Waals surface area contributed by atoms with Crippen molar-refractivity contribution in [3.05, 3.63) is 52.5 Å². The van der Waals surface area contributed by atoms with Crippen LogP contribution >= 0.6 is 15.9 Å². The van der Waals surface area contributed by atoms with Gasteiger partial charge in [0.2, 0.25) is 0 Å². The van der Waals surface area contributed by atoms with Crippen LogP contribution < -0.4 is 0 Å². The number of nitrogens with zero attached hydrogens (tertiary/aromatic N) is 1. The fourth-order valence-corrected chi connectivity index (χ4v) is 2.09. The normalized spacial score (nSPS) is 15.4. The van der Waals surface area contributed by atoms with Crippen molar-refractivity contribution in [2.45, 2.75) is 6.42 Å². The van der Waals surface area contributed by atoms with Gasteiger partial charge < -0.3 is 0 Å². The smallest absolute Gasteiger partial charge is 0.253 e. The Labute approximate surface area is 114 Å². The van der Waals surface area contributed by atoms with Crippen molar-refractivity contribution >= 4 is 33.8 Å². The summed E-state index contributed by atoms with van der Waals surface area (Å²) in [5.74, 6) is -0.519. The van der Waals surface area contributed by atoms with Gasteiger partial charge in [0, 0.05) is 17.1 Å². The van der Waals surface area contributed by atoms with Gasteiger partial charge in [0.15, 0.2) is 0 Å². The third-order valence-electron chi connectivity index (χ3n) is 2.58. The fourth-order valence-electron chi connectivity index (χ4n) is 1.67. The molecular formula is C14H12BrNO2. The van der Waals surface area contributed by atoms with Crippen LogP contribution in [0.4, 0.5) is 0 Å². The molecule has 18 heavy (non-hydrogen) atoms. The van der Waals surface area contributed by atoms with E-state index in [1.165, 1.54) is 17.1 Å². The lowest BCUT2D eigenvalue weighted by atomic mass is 10.2. The molecule has 4 heteroatoms. The molecule has 2 rings (SSSR count). The monoisotopic (exact) mass is 305 g/mol. The maximum absolute atomic E-state index is 11.8. The molecule has 1 aliphatic rings. The zero-order valence-electron chi connectivity index (χ0n) is 9.67. The van der Waals surface area contributed by atoms with Crippen LogP contribution in [-0.2, 0) is 9.59 Å². The highest BCUT2D eigenvalue weighted by atomic mass is 79.9. The van der Waals surface area contributed by atoms with E-state index in [9.17, 15) is 9.59 Å². The summed E-state index contributed by atoms with van der Waals surface area (Å²) in [5.41, 5.74) is 0.915. The van der Waals surface area contributed by atoms with Crippen molar-refractivity contribution in [3.63, 3.8) is 0 Å². The van der Waals surface area contributed by atoms with Crippen molar-refractivity contribution < 1.29 is 9.59 Å². The molecule has 0 aromatic heterocycles. The predicted molar refractivity (Wildman–Crippen MR) is 73.7 cm³/mol. The third-order valence-corrected chi connectivity index (χ3v) is 3.07. The maximum Gasteiger partial charge on any atom is 0.253 e. The Morgan fingerprint density at radius 3 is 2.94 bits per heavy atom. The highest BCUT2D eigenvalue weighted by Gasteiger charge is 2.18. The second-order valence-corrected chi connectivity index (χ2v) is 4.82. The van der Waals surface area contributed by atoms with E-state index >= 15 is 0 Å². The number of hydrogen-bond acceptors (Lipinski definition) is 2. The molecule has 1 aromatic carbocycles. The van der Waals surface area contributed by atoms with Gasteiger partial charge in [-0.3, -0.25) is 14.5 Å². The van der Waals surface area contributed by atoms with Gasteiger partial charge in [0.25, 0.3) is 11.8 Å². The minimum absolute atomic E-state index is 0.245. The maximum atomic E-state index is 11.8. The van der Waals surface area contributed by atoms with Crippen molar-refractivity contribution in [1.82, 2.24) is 4.90 Å². The second kappa shape index (κ2) is 5.78. The quantitative estimate of drug-likeness (QED) is 0.788. The first kappa shape index (κ1) is 12.8. The second-order valence-electron chi connectivity index (χ2n) is 3.91. The van der Waals surface area contributed by atoms with E-state index in [0.29, 0.717) is 6.54 Å². The van der Waals surface area contributed by atoms with E-state index in [4.69, 9.17) is 0 Å². The highest BCUT2D eigenvalue weighted by molar-refractivity contribution is 9.10. The molecule has 0 spiro atoms. The van der Waals surface area contributed by atoms with E-state index in [-0.39, 0.29) is 11.8 Å². The Hall–Kier alpha value is -1.68. The molecular weight excluding hydrogens is 294 g/mol. The molecule has 0 atom stereocenters. The summed E-state index contributed by atoms with van der Waals surface area (Å²) in [6.45, 7) is 0.455. The molecule has 1 heterocycles. The van der Waals surface area contributed by atoms with Crippen LogP contribution in [0.1, 0.15) is 12.0 Å². The summed E-state index contributed by atoms with van der Waals surface area (Å²) in [6, 6.07) is 7.61. The molecule has 0 fully saturated rings. The van der Waals surface area contributed by atoms with Gasteiger partial charge >= 0.3 is 0 Å². The van der Waals surface area contributed by atoms with E-state index in [1.54, 1.807) is 12.2 Å². The molecule has 0 aliphatic carbocycles. The Morgan fingerprint density at radius 2 is 2.22 bits per heavy atom. The zero-order valence-corrected chi connectivity index (χ0v) is 11.3. The van der Waals surface area contributed by atoms with Gasteiger partial charge in [-0.2, -0.15) is 0 Å². The molecule has 0 radical (unpaired) electrons. The molecule has 3 nitrogen and oxygen atoms in total. The van der Waals surface area contributed by atoms with Gasteiger partial charge in [-0.15, -0.1) is 0 Å². The Bertz CT molecular complexity index is 534. The first-order valence-electron chi connectivity index (χ1n) is 5.62. The SMILES string of the molecule is O=C1C=CCCN1C(=O)/C=C/c1cccc(Br)c1. The van der Waals surface area contributed by atoms with Crippen molar-refractivity contribution in [2.75, 3.05) is 6.54 Å². The van der Waals surface area contributed by atoms with Crippen LogP contribution in [0, 0.1) is 0 Å². The standard InChI is InChI=1S/C14H12BrNO2/c15-12-5-3-4-11(10-12)7-8-14(18)16-9-2-1-6-13(16)17/h1,3-8,10H,2,9H2/b8-7+. The number of amides is 2. The molecule has 0 unspecified atom stereocenters. The minimum Gasteiger partial charge on any atom is -0.275 e. The number of carbonyl (C=O) groups excluding carboxylic acids is 2. The molecule has 92 valence electrons. The van der Waals surface area contributed by atoms with Gasteiger partial charge in [-0.05, 0) is 36.3 Å². The van der Waals surface area contributed by atoms with Crippen LogP contribution in [0.3, 0.4) is 0 Å². The topological polar surface area (TPSA) is 37.4 Å². The lowest BCUT2D eigenvalue weighted by molar-refractivity contribution is -0.139. The average Bonchev–Trinajstić information content (AvgIpc) is 2.37. The van der Waals surface area contributed by atoms with Crippen molar-refractivity contribution in [2.24, 2.45) is 0 Å². The number of hydrogen-bond donors (Lipinski definition) is 0. The molecule has 0 N–H and O–H groups in total. The highest BCUT2D eigenvalue weighted by Crippen LogP contribution is 2.13. The Balaban J connectivity index is 2.07. The number of imide groups is 1. The van der Waals surface area contributed by atoms with E-state index < -0.39 is 0 Å². The average molecular weight is 306 g/mol. The van der Waals surface area contributed by atoms with Crippen molar-refractivity contribution in [3.8, 4) is 0 Å². The van der Waals surface area contributed by atoms with Crippen LogP contribution in [0.5, 0.6) is 0 Å². The molecule has 0 saturated carbocycles.